The molecule has 2 aromatic carbocycles. The second-order valence-electron chi connectivity index (χ2n) is 11.5. The minimum Gasteiger partial charge on any atom is -0.480 e. The summed E-state index contributed by atoms with van der Waals surface area (Å²) >= 11 is 3.45. The molecule has 2 amide bonds. The Balaban J connectivity index is 1.43. The van der Waals surface area contributed by atoms with Gasteiger partial charge in [0.1, 0.15) is 5.54 Å². The van der Waals surface area contributed by atoms with Crippen LogP contribution in [-0.2, 0) is 19.1 Å². The van der Waals surface area contributed by atoms with Crippen LogP contribution in [0.4, 0.5) is 11.4 Å². The Bertz CT molecular complexity index is 1230. The topological polar surface area (TPSA) is 120 Å². The van der Waals surface area contributed by atoms with Gasteiger partial charge in [-0.25, -0.2) is 0 Å². The predicted octanol–water partition coefficient (Wildman–Crippen LogP) is 5.34. The number of likely N-dealkylation sites (tertiary alicyclic amines) is 1. The van der Waals surface area contributed by atoms with Crippen molar-refractivity contribution in [3.8, 4) is 0 Å². The first-order valence-electron chi connectivity index (χ1n) is 14.6. The molecule has 2 aromatic rings. The highest BCUT2D eigenvalue weighted by Crippen LogP contribution is 2.25. The number of aliphatic carboxylic acids is 1. The number of rotatable bonds is 14. The monoisotopic (exact) mass is 644 g/mol. The van der Waals surface area contributed by atoms with E-state index in [-0.39, 0.29) is 37.4 Å². The first-order chi connectivity index (χ1) is 19.9. The fourth-order valence-electron chi connectivity index (χ4n) is 5.36. The Morgan fingerprint density at radius 1 is 1.00 bits per heavy atom. The number of hydrogen-bond donors (Lipinski definition) is 4. The van der Waals surface area contributed by atoms with Gasteiger partial charge in [-0.15, -0.1) is 0 Å². The smallest absolute Gasteiger partial charge is 0.323 e. The normalized spacial score (nSPS) is 17.0. The maximum atomic E-state index is 13.2. The summed E-state index contributed by atoms with van der Waals surface area (Å²) in [6.45, 7) is 11.5. The molecule has 1 saturated heterocycles. The molecule has 0 aliphatic carbocycles. The van der Waals surface area contributed by atoms with E-state index in [4.69, 9.17) is 4.74 Å². The first kappa shape index (κ1) is 33.7. The summed E-state index contributed by atoms with van der Waals surface area (Å²) < 4.78 is 6.73. The number of benzene rings is 2. The Morgan fingerprint density at radius 2 is 1.64 bits per heavy atom. The molecule has 0 radical (unpaired) electrons. The lowest BCUT2D eigenvalue weighted by molar-refractivity contribution is -0.145. The van der Waals surface area contributed by atoms with Gasteiger partial charge in [0.15, 0.2) is 0 Å². The van der Waals surface area contributed by atoms with Gasteiger partial charge in [-0.2, -0.15) is 0 Å². The van der Waals surface area contributed by atoms with E-state index in [2.05, 4.69) is 36.8 Å². The number of hydrogen-bond acceptors (Lipinski definition) is 6. The molecular weight excluding hydrogens is 600 g/mol. The third-order valence-corrected chi connectivity index (χ3v) is 8.46. The van der Waals surface area contributed by atoms with E-state index in [0.29, 0.717) is 6.61 Å². The molecule has 0 spiro atoms. The van der Waals surface area contributed by atoms with Crippen LogP contribution >= 0.6 is 15.9 Å². The number of aryl methyl sites for hydroxylation is 4. The van der Waals surface area contributed by atoms with Crippen molar-refractivity contribution in [2.24, 2.45) is 0 Å². The SMILES string of the molecule is Cc1cc(Br)cc(C)c1NC(=O)CNC(C)(CCOCCCN1CCCCC1C(=O)Nc1c(C)cccc1C)C(=O)O. The van der Waals surface area contributed by atoms with Crippen LogP contribution in [0.5, 0.6) is 0 Å². The summed E-state index contributed by atoms with van der Waals surface area (Å²) in [7, 11) is 0. The number of carboxylic acids is 1. The molecule has 1 aliphatic heterocycles. The molecule has 1 heterocycles. The van der Waals surface area contributed by atoms with Crippen LogP contribution in [0.25, 0.3) is 0 Å². The van der Waals surface area contributed by atoms with E-state index in [9.17, 15) is 19.5 Å². The average Bonchev–Trinajstić information content (AvgIpc) is 2.93. The summed E-state index contributed by atoms with van der Waals surface area (Å²) in [6.07, 6.45) is 3.86. The molecule has 2 unspecified atom stereocenters. The molecule has 10 heteroatoms. The molecule has 1 fully saturated rings. The summed E-state index contributed by atoms with van der Waals surface area (Å²) in [6, 6.07) is 9.66. The maximum Gasteiger partial charge on any atom is 0.323 e. The first-order valence-corrected chi connectivity index (χ1v) is 15.4. The second-order valence-corrected chi connectivity index (χ2v) is 12.4. The molecule has 230 valence electrons. The second kappa shape index (κ2) is 15.6. The number of anilines is 2. The highest BCUT2D eigenvalue weighted by molar-refractivity contribution is 9.10. The van der Waals surface area contributed by atoms with Crippen LogP contribution in [0.15, 0.2) is 34.8 Å². The molecule has 0 saturated carbocycles. The van der Waals surface area contributed by atoms with Crippen LogP contribution < -0.4 is 16.0 Å². The van der Waals surface area contributed by atoms with E-state index in [0.717, 1.165) is 76.9 Å². The van der Waals surface area contributed by atoms with Gasteiger partial charge >= 0.3 is 5.97 Å². The number of carbonyl (C=O) groups excluding carboxylic acids is 2. The molecule has 0 aromatic heterocycles. The van der Waals surface area contributed by atoms with Gasteiger partial charge in [-0.05, 0) is 101 Å². The Kier molecular flexibility index (Phi) is 12.5. The van der Waals surface area contributed by atoms with Gasteiger partial charge in [-0.3, -0.25) is 24.6 Å². The number of nitrogens with one attached hydrogen (secondary N) is 3. The van der Waals surface area contributed by atoms with Crippen molar-refractivity contribution in [2.45, 2.75) is 78.3 Å². The third kappa shape index (κ3) is 9.36. The lowest BCUT2D eigenvalue weighted by atomic mass is 9.98. The molecule has 42 heavy (non-hydrogen) atoms. The summed E-state index contributed by atoms with van der Waals surface area (Å²) in [4.78, 5) is 40.0. The largest absolute Gasteiger partial charge is 0.480 e. The van der Waals surface area contributed by atoms with Crippen molar-refractivity contribution in [2.75, 3.05) is 43.5 Å². The molecule has 3 rings (SSSR count). The lowest BCUT2D eigenvalue weighted by Gasteiger charge is -2.35. The van der Waals surface area contributed by atoms with Crippen molar-refractivity contribution in [3.05, 3.63) is 57.1 Å². The third-order valence-electron chi connectivity index (χ3n) is 8.00. The highest BCUT2D eigenvalue weighted by atomic mass is 79.9. The Morgan fingerprint density at radius 3 is 2.29 bits per heavy atom. The van der Waals surface area contributed by atoms with E-state index >= 15 is 0 Å². The minimum absolute atomic E-state index is 0.0332. The van der Waals surface area contributed by atoms with Crippen LogP contribution in [0.2, 0.25) is 0 Å². The standard InChI is InChI=1S/C32H45BrN4O5/c1-21-10-8-11-22(2)28(21)36-30(39)26-12-6-7-14-37(26)15-9-16-42-17-13-32(5,31(40)41)34-20-27(38)35-29-23(3)18-25(33)19-24(29)4/h8,10-11,18-19,26,34H,6-7,9,12-17,20H2,1-5H3,(H,35,38)(H,36,39)(H,40,41). The number of para-hydroxylation sites is 1. The summed E-state index contributed by atoms with van der Waals surface area (Å²) in [5.74, 6) is -1.32. The van der Waals surface area contributed by atoms with Crippen molar-refractivity contribution in [1.29, 1.82) is 0 Å². The van der Waals surface area contributed by atoms with Gasteiger partial charge in [0.25, 0.3) is 0 Å². The number of carboxylic acid groups (broad SMARTS) is 1. The van der Waals surface area contributed by atoms with Crippen molar-refractivity contribution >= 4 is 45.1 Å². The molecule has 0 bridgehead atoms. The summed E-state index contributed by atoms with van der Waals surface area (Å²) in [5, 5.41) is 18.8. The van der Waals surface area contributed by atoms with Gasteiger partial charge in [0, 0.05) is 35.6 Å². The van der Waals surface area contributed by atoms with Crippen molar-refractivity contribution in [3.63, 3.8) is 0 Å². The maximum absolute atomic E-state index is 13.2. The van der Waals surface area contributed by atoms with Gasteiger partial charge in [-0.1, -0.05) is 40.5 Å². The quantitative estimate of drug-likeness (QED) is 0.205. The number of piperidine rings is 1. The van der Waals surface area contributed by atoms with Crippen molar-refractivity contribution in [1.82, 2.24) is 10.2 Å². The van der Waals surface area contributed by atoms with Crippen LogP contribution in [-0.4, -0.2) is 72.2 Å². The van der Waals surface area contributed by atoms with E-state index in [1.807, 2.05) is 58.0 Å². The average molecular weight is 646 g/mol. The fraction of sp³-hybridized carbons (Fsp3) is 0.531. The van der Waals surface area contributed by atoms with E-state index < -0.39 is 11.5 Å². The number of nitrogens with zero attached hydrogens (tertiary/aromatic N) is 1. The van der Waals surface area contributed by atoms with Gasteiger partial charge in [0.2, 0.25) is 11.8 Å². The zero-order chi connectivity index (χ0) is 30.9. The van der Waals surface area contributed by atoms with E-state index in [1.165, 1.54) is 0 Å². The predicted molar refractivity (Wildman–Crippen MR) is 170 cm³/mol. The zero-order valence-electron chi connectivity index (χ0n) is 25.4. The molecule has 4 N–H and O–H groups in total. The molecule has 2 atom stereocenters. The number of ether oxygens (including phenoxy) is 1. The molecular formula is C32H45BrN4O5. The van der Waals surface area contributed by atoms with Gasteiger partial charge in [0.05, 0.1) is 12.6 Å². The van der Waals surface area contributed by atoms with Crippen molar-refractivity contribution < 1.29 is 24.2 Å². The van der Waals surface area contributed by atoms with E-state index in [1.54, 1.807) is 6.92 Å². The fourth-order valence-corrected chi connectivity index (χ4v) is 6.05. The minimum atomic E-state index is -1.31. The molecule has 9 nitrogen and oxygen atoms in total. The number of amides is 2. The van der Waals surface area contributed by atoms with Gasteiger partial charge < -0.3 is 20.5 Å². The zero-order valence-corrected chi connectivity index (χ0v) is 27.0. The Labute approximate surface area is 257 Å². The van der Waals surface area contributed by atoms with Crippen LogP contribution in [0.3, 0.4) is 0 Å². The lowest BCUT2D eigenvalue weighted by Crippen LogP contribution is -2.52. The number of carbonyl (C=O) groups is 3. The number of halogens is 1. The van der Waals surface area contributed by atoms with Crippen LogP contribution in [0, 0.1) is 27.7 Å². The highest BCUT2D eigenvalue weighted by Gasteiger charge is 2.33. The molecule has 1 aliphatic rings. The Hall–Kier alpha value is -2.79. The van der Waals surface area contributed by atoms with Crippen LogP contribution in [0.1, 0.15) is 61.3 Å². The summed E-state index contributed by atoms with van der Waals surface area (Å²) in [5.41, 5.74) is 4.25.